The van der Waals surface area contributed by atoms with E-state index in [-0.39, 0.29) is 18.5 Å². The van der Waals surface area contributed by atoms with Crippen molar-refractivity contribution in [3.63, 3.8) is 0 Å². The van der Waals surface area contributed by atoms with Gasteiger partial charge in [-0.1, -0.05) is 67.9 Å². The summed E-state index contributed by atoms with van der Waals surface area (Å²) in [5, 5.41) is 5.91. The molecular weight excluding hydrogens is 494 g/mol. The van der Waals surface area contributed by atoms with Gasteiger partial charge in [0.1, 0.15) is 5.75 Å². The van der Waals surface area contributed by atoms with Crippen LogP contribution in [0.2, 0.25) is 0 Å². The van der Waals surface area contributed by atoms with Crippen molar-refractivity contribution >= 4 is 29.3 Å². The monoisotopic (exact) mass is 527 g/mol. The first kappa shape index (κ1) is 27.4. The number of benzene rings is 3. The Hall–Kier alpha value is -4.59. The number of unbranched alkanes of at least 4 members (excludes halogenated alkanes) is 1. The molecule has 1 aliphatic heterocycles. The highest BCUT2D eigenvalue weighted by Crippen LogP contribution is 2.37. The van der Waals surface area contributed by atoms with Crippen LogP contribution < -0.4 is 15.4 Å². The molecule has 3 aromatic carbocycles. The first-order valence-corrected chi connectivity index (χ1v) is 13.1. The number of nitrogens with one attached hydrogen (secondary N) is 2. The third-order valence-electron chi connectivity index (χ3n) is 6.43. The lowest BCUT2D eigenvalue weighted by atomic mass is 9.91. The standard InChI is InChI=1S/C31H33N3O5/c1-4-6-19-34-28(21-13-8-7-9-14-21)26(30(36)39-5-2)27(33-31(34)37)22-15-12-16-23(20-22)32-29(35)24-17-10-11-18-25(24)38-3/h7-18,20,27H,4-6,19H2,1-3H3,(H,32,35)(H,33,37)/t27-/m1/s1. The largest absolute Gasteiger partial charge is 0.496 e. The van der Waals surface area contributed by atoms with Crippen LogP contribution in [0.3, 0.4) is 0 Å². The van der Waals surface area contributed by atoms with Gasteiger partial charge in [0.15, 0.2) is 0 Å². The van der Waals surface area contributed by atoms with Crippen LogP contribution >= 0.6 is 0 Å². The second-order valence-electron chi connectivity index (χ2n) is 9.02. The number of para-hydroxylation sites is 1. The van der Waals surface area contributed by atoms with E-state index in [1.165, 1.54) is 7.11 Å². The van der Waals surface area contributed by atoms with Gasteiger partial charge in [-0.05, 0) is 48.7 Å². The molecule has 39 heavy (non-hydrogen) atoms. The summed E-state index contributed by atoms with van der Waals surface area (Å²) in [4.78, 5) is 41.6. The van der Waals surface area contributed by atoms with Crippen LogP contribution in [0.15, 0.2) is 84.4 Å². The summed E-state index contributed by atoms with van der Waals surface area (Å²) in [7, 11) is 1.51. The van der Waals surface area contributed by atoms with Gasteiger partial charge in [-0.25, -0.2) is 9.59 Å². The van der Waals surface area contributed by atoms with E-state index in [2.05, 4.69) is 10.6 Å². The van der Waals surface area contributed by atoms with Crippen molar-refractivity contribution < 1.29 is 23.9 Å². The average Bonchev–Trinajstić information content (AvgIpc) is 2.96. The molecule has 0 fully saturated rings. The molecule has 202 valence electrons. The second-order valence-corrected chi connectivity index (χ2v) is 9.02. The van der Waals surface area contributed by atoms with Crippen LogP contribution in [0.4, 0.5) is 10.5 Å². The molecule has 0 bridgehead atoms. The number of ether oxygens (including phenoxy) is 2. The fraction of sp³-hybridized carbons (Fsp3) is 0.258. The number of amides is 3. The molecule has 0 radical (unpaired) electrons. The Morgan fingerprint density at radius 3 is 2.44 bits per heavy atom. The second kappa shape index (κ2) is 12.8. The Kier molecular flexibility index (Phi) is 8.99. The summed E-state index contributed by atoms with van der Waals surface area (Å²) in [6.07, 6.45) is 1.66. The van der Waals surface area contributed by atoms with E-state index in [0.717, 1.165) is 18.4 Å². The van der Waals surface area contributed by atoms with E-state index >= 15 is 0 Å². The van der Waals surface area contributed by atoms with Gasteiger partial charge in [0, 0.05) is 12.2 Å². The molecule has 8 nitrogen and oxygen atoms in total. The zero-order valence-electron chi connectivity index (χ0n) is 22.4. The Labute approximate surface area is 228 Å². The molecule has 0 aliphatic carbocycles. The number of esters is 1. The van der Waals surface area contributed by atoms with Gasteiger partial charge >= 0.3 is 12.0 Å². The van der Waals surface area contributed by atoms with Crippen molar-refractivity contribution in [1.82, 2.24) is 10.2 Å². The topological polar surface area (TPSA) is 97.0 Å². The van der Waals surface area contributed by atoms with Gasteiger partial charge in [-0.3, -0.25) is 9.69 Å². The maximum absolute atomic E-state index is 13.5. The summed E-state index contributed by atoms with van der Waals surface area (Å²) < 4.78 is 10.8. The Balaban J connectivity index is 1.79. The van der Waals surface area contributed by atoms with Gasteiger partial charge in [0.2, 0.25) is 0 Å². The summed E-state index contributed by atoms with van der Waals surface area (Å²) in [6.45, 7) is 4.44. The normalized spacial score (nSPS) is 15.0. The fourth-order valence-electron chi connectivity index (χ4n) is 4.59. The van der Waals surface area contributed by atoms with E-state index < -0.39 is 12.0 Å². The number of hydrogen-bond donors (Lipinski definition) is 2. The van der Waals surface area contributed by atoms with Crippen molar-refractivity contribution in [3.05, 3.63) is 101 Å². The van der Waals surface area contributed by atoms with Gasteiger partial charge in [0.05, 0.1) is 36.6 Å². The van der Waals surface area contributed by atoms with Crippen molar-refractivity contribution in [2.75, 3.05) is 25.6 Å². The molecular formula is C31H33N3O5. The fourth-order valence-corrected chi connectivity index (χ4v) is 4.59. The summed E-state index contributed by atoms with van der Waals surface area (Å²) in [5.74, 6) is -0.390. The zero-order valence-corrected chi connectivity index (χ0v) is 22.4. The predicted molar refractivity (Wildman–Crippen MR) is 150 cm³/mol. The smallest absolute Gasteiger partial charge is 0.338 e. The highest BCUT2D eigenvalue weighted by atomic mass is 16.5. The van der Waals surface area contributed by atoms with E-state index in [0.29, 0.717) is 40.4 Å². The summed E-state index contributed by atoms with van der Waals surface area (Å²) >= 11 is 0. The molecule has 0 aromatic heterocycles. The number of carbonyl (C=O) groups is 3. The number of rotatable bonds is 10. The summed E-state index contributed by atoms with van der Waals surface area (Å²) in [6, 6.07) is 22.3. The molecule has 0 saturated carbocycles. The molecule has 8 heteroatoms. The van der Waals surface area contributed by atoms with Gasteiger partial charge in [0.25, 0.3) is 5.91 Å². The molecule has 0 spiro atoms. The number of urea groups is 1. The first-order chi connectivity index (χ1) is 19.0. The van der Waals surface area contributed by atoms with Gasteiger partial charge < -0.3 is 20.1 Å². The molecule has 3 amide bonds. The maximum atomic E-state index is 13.5. The molecule has 1 heterocycles. The number of methoxy groups -OCH3 is 1. The minimum atomic E-state index is -0.784. The lowest BCUT2D eigenvalue weighted by Crippen LogP contribution is -2.48. The quantitative estimate of drug-likeness (QED) is 0.326. The molecule has 1 atom stereocenters. The lowest BCUT2D eigenvalue weighted by Gasteiger charge is -2.37. The van der Waals surface area contributed by atoms with Crippen LogP contribution in [0.25, 0.3) is 5.70 Å². The van der Waals surface area contributed by atoms with Crippen molar-refractivity contribution in [2.45, 2.75) is 32.7 Å². The van der Waals surface area contributed by atoms with E-state index in [9.17, 15) is 14.4 Å². The van der Waals surface area contributed by atoms with Crippen LogP contribution in [-0.4, -0.2) is 43.1 Å². The lowest BCUT2D eigenvalue weighted by molar-refractivity contribution is -0.138. The maximum Gasteiger partial charge on any atom is 0.338 e. The first-order valence-electron chi connectivity index (χ1n) is 13.1. The molecule has 4 rings (SSSR count). The highest BCUT2D eigenvalue weighted by Gasteiger charge is 2.38. The Morgan fingerprint density at radius 1 is 0.974 bits per heavy atom. The van der Waals surface area contributed by atoms with Crippen LogP contribution in [0, 0.1) is 0 Å². The molecule has 1 aliphatic rings. The number of hydrogen-bond acceptors (Lipinski definition) is 5. The van der Waals surface area contributed by atoms with E-state index in [4.69, 9.17) is 9.47 Å². The van der Waals surface area contributed by atoms with Crippen LogP contribution in [-0.2, 0) is 9.53 Å². The number of carbonyl (C=O) groups excluding carboxylic acids is 3. The van der Waals surface area contributed by atoms with Crippen molar-refractivity contribution in [2.24, 2.45) is 0 Å². The molecule has 3 aromatic rings. The van der Waals surface area contributed by atoms with E-state index in [1.54, 1.807) is 54.3 Å². The molecule has 0 unspecified atom stereocenters. The third-order valence-corrected chi connectivity index (χ3v) is 6.43. The summed E-state index contributed by atoms with van der Waals surface area (Å²) in [5.41, 5.74) is 3.15. The minimum absolute atomic E-state index is 0.190. The SMILES string of the molecule is CCCCN1C(=O)N[C@H](c2cccc(NC(=O)c3ccccc3OC)c2)C(C(=O)OCC)=C1c1ccccc1. The predicted octanol–water partition coefficient (Wildman–Crippen LogP) is 5.79. The van der Waals surface area contributed by atoms with Crippen molar-refractivity contribution in [3.8, 4) is 5.75 Å². The van der Waals surface area contributed by atoms with Crippen LogP contribution in [0.5, 0.6) is 5.75 Å². The number of nitrogens with zero attached hydrogens (tertiary/aromatic N) is 1. The highest BCUT2D eigenvalue weighted by molar-refractivity contribution is 6.07. The van der Waals surface area contributed by atoms with Crippen molar-refractivity contribution in [1.29, 1.82) is 0 Å². The Bertz CT molecular complexity index is 1370. The van der Waals surface area contributed by atoms with Gasteiger partial charge in [-0.15, -0.1) is 0 Å². The van der Waals surface area contributed by atoms with E-state index in [1.807, 2.05) is 43.3 Å². The molecule has 0 saturated heterocycles. The minimum Gasteiger partial charge on any atom is -0.496 e. The Morgan fingerprint density at radius 2 is 1.72 bits per heavy atom. The van der Waals surface area contributed by atoms with Gasteiger partial charge in [-0.2, -0.15) is 0 Å². The molecule has 2 N–H and O–H groups in total. The third kappa shape index (κ3) is 6.12. The zero-order chi connectivity index (χ0) is 27.8. The van der Waals surface area contributed by atoms with Crippen LogP contribution in [0.1, 0.15) is 54.2 Å². The number of anilines is 1. The average molecular weight is 528 g/mol.